The van der Waals surface area contributed by atoms with Gasteiger partial charge in [0.25, 0.3) is 0 Å². The summed E-state index contributed by atoms with van der Waals surface area (Å²) in [4.78, 5) is 4.72. The molecule has 1 aliphatic heterocycles. The molecule has 2 atom stereocenters. The van der Waals surface area contributed by atoms with E-state index in [9.17, 15) is 0 Å². The molecule has 1 unspecified atom stereocenters. The first-order valence-electron chi connectivity index (χ1n) is 11.8. The van der Waals surface area contributed by atoms with E-state index in [-0.39, 0.29) is 0 Å². The number of allylic oxidation sites excluding steroid dienone is 1. The molecular formula is C29H35N. The highest BCUT2D eigenvalue weighted by Gasteiger charge is 2.49. The number of aliphatic imine (C=N–C) groups is 1. The van der Waals surface area contributed by atoms with E-state index in [2.05, 4.69) is 70.2 Å². The van der Waals surface area contributed by atoms with Crippen molar-refractivity contribution >= 4 is 6.21 Å². The quantitative estimate of drug-likeness (QED) is 0.516. The number of aryl methyl sites for hydroxylation is 2. The molecule has 3 aliphatic rings. The molecule has 5 rings (SSSR count). The third kappa shape index (κ3) is 3.27. The Morgan fingerprint density at radius 3 is 2.50 bits per heavy atom. The van der Waals surface area contributed by atoms with Gasteiger partial charge in [-0.25, -0.2) is 0 Å². The number of fused-ring (bicyclic) bond motifs is 1. The summed E-state index contributed by atoms with van der Waals surface area (Å²) in [5, 5.41) is 0. The van der Waals surface area contributed by atoms with E-state index in [0.717, 1.165) is 12.3 Å². The summed E-state index contributed by atoms with van der Waals surface area (Å²) in [5.41, 5.74) is 10.9. The summed E-state index contributed by atoms with van der Waals surface area (Å²) in [6.45, 7) is 9.24. The van der Waals surface area contributed by atoms with Gasteiger partial charge in [0, 0.05) is 6.21 Å². The summed E-state index contributed by atoms with van der Waals surface area (Å²) >= 11 is 0. The fourth-order valence-corrected chi connectivity index (χ4v) is 6.49. The van der Waals surface area contributed by atoms with Crippen molar-refractivity contribution < 1.29 is 0 Å². The van der Waals surface area contributed by atoms with E-state index in [0.29, 0.717) is 17.4 Å². The van der Waals surface area contributed by atoms with E-state index in [1.165, 1.54) is 59.9 Å². The fraction of sp³-hybridized carbons (Fsp3) is 0.483. The molecule has 0 bridgehead atoms. The molecule has 2 aromatic rings. The lowest BCUT2D eigenvalue weighted by Crippen LogP contribution is -2.30. The van der Waals surface area contributed by atoms with Crippen LogP contribution in [0.5, 0.6) is 0 Å². The van der Waals surface area contributed by atoms with Crippen molar-refractivity contribution in [3.63, 3.8) is 0 Å². The van der Waals surface area contributed by atoms with Gasteiger partial charge in [-0.3, -0.25) is 4.99 Å². The van der Waals surface area contributed by atoms with E-state index in [4.69, 9.17) is 4.99 Å². The molecule has 0 radical (unpaired) electrons. The maximum absolute atomic E-state index is 4.72. The lowest BCUT2D eigenvalue weighted by atomic mass is 9.64. The largest absolute Gasteiger partial charge is 0.285 e. The molecule has 0 saturated heterocycles. The summed E-state index contributed by atoms with van der Waals surface area (Å²) in [6.07, 6.45) is 12.1. The molecule has 0 aromatic heterocycles. The second-order valence-corrected chi connectivity index (χ2v) is 10.3. The Bertz CT molecular complexity index is 1020. The van der Waals surface area contributed by atoms with Gasteiger partial charge in [0.05, 0.1) is 6.04 Å². The van der Waals surface area contributed by atoms with Crippen LogP contribution in [-0.4, -0.2) is 12.3 Å². The second-order valence-electron chi connectivity index (χ2n) is 10.3. The summed E-state index contributed by atoms with van der Waals surface area (Å²) < 4.78 is 0. The molecule has 2 saturated carbocycles. The SMILES string of the molecule is Cc1cc(C2CCC3(CC2)CC2N=CC=C2[C@H]3C)ccc1Cc1cccc(C)c1C. The number of rotatable bonds is 3. The maximum Gasteiger partial charge on any atom is 0.0720 e. The summed E-state index contributed by atoms with van der Waals surface area (Å²) in [5.74, 6) is 1.45. The Hall–Kier alpha value is -2.15. The van der Waals surface area contributed by atoms with Gasteiger partial charge < -0.3 is 0 Å². The predicted octanol–water partition coefficient (Wildman–Crippen LogP) is 7.27. The highest BCUT2D eigenvalue weighted by atomic mass is 14.8. The molecule has 156 valence electrons. The monoisotopic (exact) mass is 397 g/mol. The van der Waals surface area contributed by atoms with Gasteiger partial charge in [0.15, 0.2) is 0 Å². The minimum absolute atomic E-state index is 0.503. The standard InChI is InChI=1S/C29H35N/c1-19-6-5-7-25(21(19)3)17-24-8-9-26(16-20(24)2)23-10-13-29(14-11-23)18-28-27(22(29)4)12-15-30-28/h5-9,12,15-16,22-23,28H,10-11,13-14,17-18H2,1-4H3/t22-,23?,28?,29?/m1/s1. The van der Waals surface area contributed by atoms with Gasteiger partial charge in [0.1, 0.15) is 0 Å². The molecule has 30 heavy (non-hydrogen) atoms. The topological polar surface area (TPSA) is 12.4 Å². The third-order valence-electron chi connectivity index (χ3n) is 8.85. The lowest BCUT2D eigenvalue weighted by Gasteiger charge is -2.41. The van der Waals surface area contributed by atoms with Crippen LogP contribution in [0.4, 0.5) is 0 Å². The minimum Gasteiger partial charge on any atom is -0.285 e. The Labute approximate surface area is 182 Å². The van der Waals surface area contributed by atoms with Crippen molar-refractivity contribution in [3.8, 4) is 0 Å². The van der Waals surface area contributed by atoms with Gasteiger partial charge >= 0.3 is 0 Å². The van der Waals surface area contributed by atoms with Crippen LogP contribution >= 0.6 is 0 Å². The first-order chi connectivity index (χ1) is 14.5. The van der Waals surface area contributed by atoms with Crippen molar-refractivity contribution in [3.05, 3.63) is 81.4 Å². The molecule has 1 heterocycles. The van der Waals surface area contributed by atoms with Crippen LogP contribution in [0.15, 0.2) is 53.0 Å². The van der Waals surface area contributed by atoms with E-state index in [1.807, 2.05) is 6.21 Å². The van der Waals surface area contributed by atoms with Crippen LogP contribution < -0.4 is 0 Å². The van der Waals surface area contributed by atoms with Gasteiger partial charge in [-0.1, -0.05) is 43.3 Å². The average molecular weight is 398 g/mol. The summed E-state index contributed by atoms with van der Waals surface area (Å²) in [7, 11) is 0. The first-order valence-corrected chi connectivity index (χ1v) is 11.8. The molecule has 0 amide bonds. The fourth-order valence-electron chi connectivity index (χ4n) is 6.49. The van der Waals surface area contributed by atoms with Gasteiger partial charge in [-0.15, -0.1) is 0 Å². The van der Waals surface area contributed by atoms with Gasteiger partial charge in [-0.2, -0.15) is 0 Å². The highest BCUT2D eigenvalue weighted by Crippen LogP contribution is 2.58. The van der Waals surface area contributed by atoms with Gasteiger partial charge in [0.2, 0.25) is 0 Å². The number of benzene rings is 2. The molecule has 2 fully saturated rings. The van der Waals surface area contributed by atoms with Crippen molar-refractivity contribution in [1.29, 1.82) is 0 Å². The average Bonchev–Trinajstić information content (AvgIpc) is 3.29. The second kappa shape index (κ2) is 7.52. The van der Waals surface area contributed by atoms with Crippen LogP contribution in [0.1, 0.15) is 78.3 Å². The molecule has 1 nitrogen and oxygen atoms in total. The minimum atomic E-state index is 0.503. The molecule has 1 heteroatoms. The third-order valence-corrected chi connectivity index (χ3v) is 8.85. The van der Waals surface area contributed by atoms with Crippen molar-refractivity contribution in [2.75, 3.05) is 0 Å². The lowest BCUT2D eigenvalue weighted by molar-refractivity contribution is 0.135. The van der Waals surface area contributed by atoms with Crippen LogP contribution in [0.25, 0.3) is 0 Å². The summed E-state index contributed by atoms with van der Waals surface area (Å²) in [6, 6.07) is 14.5. The Morgan fingerprint density at radius 1 is 0.967 bits per heavy atom. The zero-order chi connectivity index (χ0) is 20.9. The molecule has 2 aliphatic carbocycles. The number of nitrogens with zero attached hydrogens (tertiary/aromatic N) is 1. The van der Waals surface area contributed by atoms with Crippen LogP contribution in [-0.2, 0) is 6.42 Å². The van der Waals surface area contributed by atoms with Crippen molar-refractivity contribution in [2.24, 2.45) is 16.3 Å². The normalized spacial score (nSPS) is 30.0. The number of hydrogen-bond acceptors (Lipinski definition) is 1. The van der Waals surface area contributed by atoms with Crippen molar-refractivity contribution in [1.82, 2.24) is 0 Å². The van der Waals surface area contributed by atoms with Crippen LogP contribution in [0.2, 0.25) is 0 Å². The molecule has 1 spiro atoms. The predicted molar refractivity (Wildman–Crippen MR) is 128 cm³/mol. The maximum atomic E-state index is 4.72. The Balaban J connectivity index is 1.28. The van der Waals surface area contributed by atoms with Crippen LogP contribution in [0, 0.1) is 32.1 Å². The van der Waals surface area contributed by atoms with E-state index < -0.39 is 0 Å². The van der Waals surface area contributed by atoms with Gasteiger partial charge in [-0.05, 0) is 122 Å². The zero-order valence-electron chi connectivity index (χ0n) is 19.0. The molecular weight excluding hydrogens is 362 g/mol. The molecule has 0 N–H and O–H groups in total. The highest BCUT2D eigenvalue weighted by molar-refractivity contribution is 5.77. The Kier molecular flexibility index (Phi) is 4.96. The number of hydrogen-bond donors (Lipinski definition) is 0. The Morgan fingerprint density at radius 2 is 1.77 bits per heavy atom. The van der Waals surface area contributed by atoms with Crippen molar-refractivity contribution in [2.45, 2.75) is 78.2 Å². The van der Waals surface area contributed by atoms with E-state index >= 15 is 0 Å². The van der Waals surface area contributed by atoms with Crippen LogP contribution in [0.3, 0.4) is 0 Å². The smallest absolute Gasteiger partial charge is 0.0720 e. The van der Waals surface area contributed by atoms with E-state index in [1.54, 1.807) is 11.1 Å². The molecule has 2 aromatic carbocycles. The first kappa shape index (κ1) is 19.8. The zero-order valence-corrected chi connectivity index (χ0v) is 19.0.